The van der Waals surface area contributed by atoms with Crippen molar-refractivity contribution in [1.29, 1.82) is 0 Å². The van der Waals surface area contributed by atoms with E-state index in [4.69, 9.17) is 5.73 Å². The second-order valence-corrected chi connectivity index (χ2v) is 12.4. The Kier molecular flexibility index (Phi) is 8.90. The third kappa shape index (κ3) is 5.52. The first-order chi connectivity index (χ1) is 18.6. The van der Waals surface area contributed by atoms with E-state index in [1.54, 1.807) is 11.3 Å². The molecule has 0 unspecified atom stereocenters. The second-order valence-electron chi connectivity index (χ2n) is 11.5. The highest BCUT2D eigenvalue weighted by Gasteiger charge is 2.58. The molecule has 4 rings (SSSR count). The fourth-order valence-corrected chi connectivity index (χ4v) is 7.08. The number of primary amides is 1. The highest BCUT2D eigenvalue weighted by atomic mass is 32.1. The monoisotopic (exact) mass is 555 g/mol. The van der Waals surface area contributed by atoms with Crippen LogP contribution in [0.5, 0.6) is 0 Å². The number of rotatable bonds is 10. The zero-order valence-corrected chi connectivity index (χ0v) is 24.2. The highest BCUT2D eigenvalue weighted by molar-refractivity contribution is 7.13. The Hall–Kier alpha value is -2.66. The third-order valence-electron chi connectivity index (χ3n) is 8.71. The summed E-state index contributed by atoms with van der Waals surface area (Å²) in [6.45, 7) is 9.00. The molecule has 3 atom stereocenters. The standard InChI is InChI=1S/C29H41N5O4S/c1-19(21-7-9-22(10-8-21)25-20(2)31-18-39-25)32-27(38)24-6-5-13-34(24)29(17-36,28(3,4)16-35)33-14-11-23(12-15-33)26(30)37/h7-10,17-19,23-24,35H,5-6,11-16H2,1-4H3,(H2,30,37)(H,32,38)/t19-,24-,29+/m0/s1. The predicted molar refractivity (Wildman–Crippen MR) is 152 cm³/mol. The lowest BCUT2D eigenvalue weighted by Gasteiger charge is -2.56. The zero-order valence-electron chi connectivity index (χ0n) is 23.4. The maximum absolute atomic E-state index is 13.7. The average Bonchev–Trinajstić information content (AvgIpc) is 3.59. The fraction of sp³-hybridized carbons (Fsp3) is 0.586. The Bertz CT molecular complexity index is 1170. The van der Waals surface area contributed by atoms with E-state index in [1.807, 2.05) is 55.1 Å². The number of benzene rings is 1. The lowest BCUT2D eigenvalue weighted by Crippen LogP contribution is -2.73. The number of aliphatic hydroxyl groups excluding tert-OH is 1. The summed E-state index contributed by atoms with van der Waals surface area (Å²) in [5, 5.41) is 13.6. The van der Waals surface area contributed by atoms with Crippen LogP contribution in [0, 0.1) is 18.3 Å². The molecular weight excluding hydrogens is 514 g/mol. The molecule has 1 aromatic heterocycles. The minimum absolute atomic E-state index is 0.130. The molecule has 0 aliphatic carbocycles. The van der Waals surface area contributed by atoms with Gasteiger partial charge in [-0.15, -0.1) is 11.3 Å². The Morgan fingerprint density at radius 2 is 1.87 bits per heavy atom. The molecule has 2 fully saturated rings. The maximum atomic E-state index is 13.7. The molecule has 1 aromatic carbocycles. The van der Waals surface area contributed by atoms with Crippen LogP contribution in [0.15, 0.2) is 29.8 Å². The van der Waals surface area contributed by atoms with Crippen LogP contribution in [0.4, 0.5) is 0 Å². The van der Waals surface area contributed by atoms with Crippen LogP contribution >= 0.6 is 11.3 Å². The third-order valence-corrected chi connectivity index (χ3v) is 9.68. The van der Waals surface area contributed by atoms with Crippen molar-refractivity contribution in [2.45, 2.75) is 71.1 Å². The normalized spacial score (nSPS) is 21.8. The molecule has 10 heteroatoms. The smallest absolute Gasteiger partial charge is 0.237 e. The summed E-state index contributed by atoms with van der Waals surface area (Å²) in [5.74, 6) is -0.683. The SMILES string of the molecule is Cc1ncsc1-c1ccc([C@H](C)NC(=O)[C@@H]2CCCN2[C@@](C=O)(N2CCC(C(N)=O)CC2)C(C)(C)CO)cc1. The molecule has 2 aromatic rings. The summed E-state index contributed by atoms with van der Waals surface area (Å²) in [5.41, 5.74) is 8.43. The van der Waals surface area contributed by atoms with Crippen molar-refractivity contribution in [3.8, 4) is 10.4 Å². The van der Waals surface area contributed by atoms with Crippen LogP contribution in [0.3, 0.4) is 0 Å². The first-order valence-electron chi connectivity index (χ1n) is 13.7. The summed E-state index contributed by atoms with van der Waals surface area (Å²) >= 11 is 1.61. The van der Waals surface area contributed by atoms with E-state index in [9.17, 15) is 19.5 Å². The van der Waals surface area contributed by atoms with Crippen molar-refractivity contribution in [3.63, 3.8) is 0 Å². The van der Waals surface area contributed by atoms with Crippen molar-refractivity contribution in [2.24, 2.45) is 17.1 Å². The van der Waals surface area contributed by atoms with Gasteiger partial charge in [0.15, 0.2) is 6.29 Å². The van der Waals surface area contributed by atoms with Crippen LogP contribution < -0.4 is 11.1 Å². The van der Waals surface area contributed by atoms with E-state index in [-0.39, 0.29) is 30.4 Å². The molecule has 4 N–H and O–H groups in total. The topological polar surface area (TPSA) is 129 Å². The number of aldehydes is 1. The summed E-state index contributed by atoms with van der Waals surface area (Å²) in [7, 11) is 0. The van der Waals surface area contributed by atoms with Crippen molar-refractivity contribution >= 4 is 29.4 Å². The summed E-state index contributed by atoms with van der Waals surface area (Å²) in [6.07, 6.45) is 3.39. The molecule has 2 aliphatic heterocycles. The number of aromatic nitrogens is 1. The largest absolute Gasteiger partial charge is 0.396 e. The molecule has 2 aliphatic rings. The van der Waals surface area contributed by atoms with Crippen LogP contribution in [-0.2, 0) is 14.4 Å². The van der Waals surface area contributed by atoms with E-state index in [1.165, 1.54) is 0 Å². The number of likely N-dealkylation sites (tertiary alicyclic amines) is 2. The first-order valence-corrected chi connectivity index (χ1v) is 14.6. The minimum atomic E-state index is -1.19. The van der Waals surface area contributed by atoms with Crippen molar-refractivity contribution in [3.05, 3.63) is 41.0 Å². The number of nitrogens with one attached hydrogen (secondary N) is 1. The highest BCUT2D eigenvalue weighted by Crippen LogP contribution is 2.43. The molecule has 0 spiro atoms. The van der Waals surface area contributed by atoms with Crippen LogP contribution in [0.1, 0.15) is 63.8 Å². The number of hydrogen-bond donors (Lipinski definition) is 3. The number of carbonyl (C=O) groups is 3. The second kappa shape index (κ2) is 11.8. The van der Waals surface area contributed by atoms with E-state index in [0.29, 0.717) is 38.9 Å². The summed E-state index contributed by atoms with van der Waals surface area (Å²) < 4.78 is 0. The van der Waals surface area contributed by atoms with Crippen LogP contribution in [-0.4, -0.2) is 75.9 Å². The molecule has 0 bridgehead atoms. The van der Waals surface area contributed by atoms with Crippen molar-refractivity contribution < 1.29 is 19.5 Å². The number of aliphatic hydroxyl groups is 1. The molecule has 2 saturated heterocycles. The number of piperidine rings is 1. The Labute approximate surface area is 234 Å². The Morgan fingerprint density at radius 3 is 2.41 bits per heavy atom. The number of nitrogens with zero attached hydrogens (tertiary/aromatic N) is 3. The molecule has 3 heterocycles. The van der Waals surface area contributed by atoms with Gasteiger partial charge in [0.2, 0.25) is 11.8 Å². The molecule has 2 amide bonds. The Balaban J connectivity index is 1.54. The van der Waals surface area contributed by atoms with Gasteiger partial charge in [0, 0.05) is 31.0 Å². The zero-order chi connectivity index (χ0) is 28.4. The van der Waals surface area contributed by atoms with Gasteiger partial charge < -0.3 is 16.2 Å². The number of carbonyl (C=O) groups excluding carboxylic acids is 3. The van der Waals surface area contributed by atoms with Gasteiger partial charge in [-0.2, -0.15) is 0 Å². The van der Waals surface area contributed by atoms with E-state index < -0.39 is 17.1 Å². The lowest BCUT2D eigenvalue weighted by atomic mass is 9.75. The van der Waals surface area contributed by atoms with Gasteiger partial charge in [0.1, 0.15) is 5.66 Å². The number of nitrogens with two attached hydrogens (primary N) is 1. The first kappa shape index (κ1) is 29.3. The molecule has 212 valence electrons. The molecule has 9 nitrogen and oxygen atoms in total. The summed E-state index contributed by atoms with van der Waals surface area (Å²) in [6, 6.07) is 7.42. The molecular formula is C29H41N5O4S. The van der Waals surface area contributed by atoms with Crippen molar-refractivity contribution in [1.82, 2.24) is 20.1 Å². The van der Waals surface area contributed by atoms with Gasteiger partial charge in [-0.1, -0.05) is 38.1 Å². The quantitative estimate of drug-likeness (QED) is 0.385. The summed E-state index contributed by atoms with van der Waals surface area (Å²) in [4.78, 5) is 48.1. The van der Waals surface area contributed by atoms with Gasteiger partial charge in [0.05, 0.1) is 34.8 Å². The molecule has 39 heavy (non-hydrogen) atoms. The van der Waals surface area contributed by atoms with Crippen LogP contribution in [0.2, 0.25) is 0 Å². The van der Waals surface area contributed by atoms with Gasteiger partial charge in [-0.3, -0.25) is 24.2 Å². The fourth-order valence-electron chi connectivity index (χ4n) is 6.26. The van der Waals surface area contributed by atoms with Gasteiger partial charge >= 0.3 is 0 Å². The van der Waals surface area contributed by atoms with Gasteiger partial charge in [-0.25, -0.2) is 4.98 Å². The lowest BCUT2D eigenvalue weighted by molar-refractivity contribution is -0.173. The van der Waals surface area contributed by atoms with Crippen LogP contribution in [0.25, 0.3) is 10.4 Å². The van der Waals surface area contributed by atoms with Crippen molar-refractivity contribution in [2.75, 3.05) is 26.2 Å². The van der Waals surface area contributed by atoms with E-state index in [0.717, 1.165) is 34.4 Å². The molecule has 0 radical (unpaired) electrons. The number of amides is 2. The number of hydrogen-bond acceptors (Lipinski definition) is 8. The Morgan fingerprint density at radius 1 is 1.21 bits per heavy atom. The van der Waals surface area contributed by atoms with E-state index >= 15 is 0 Å². The van der Waals surface area contributed by atoms with E-state index in [2.05, 4.69) is 22.4 Å². The number of thiazole rings is 1. The average molecular weight is 556 g/mol. The number of aryl methyl sites for hydroxylation is 1. The maximum Gasteiger partial charge on any atom is 0.237 e. The van der Waals surface area contributed by atoms with Gasteiger partial charge in [-0.05, 0) is 50.7 Å². The molecule has 0 saturated carbocycles. The van der Waals surface area contributed by atoms with Gasteiger partial charge in [0.25, 0.3) is 0 Å². The minimum Gasteiger partial charge on any atom is -0.396 e. The predicted octanol–water partition coefficient (Wildman–Crippen LogP) is 2.87.